The minimum atomic E-state index is -0.670. The highest BCUT2D eigenvalue weighted by Crippen LogP contribution is 2.25. The van der Waals surface area contributed by atoms with Crippen molar-refractivity contribution >= 4 is 46.8 Å². The summed E-state index contributed by atoms with van der Waals surface area (Å²) in [4.78, 5) is 53.4. The number of hydrogen-bond donors (Lipinski definition) is 1. The molecule has 1 N–H and O–H groups in total. The predicted octanol–water partition coefficient (Wildman–Crippen LogP) is 3.92. The number of likely N-dealkylation sites (N-methyl/N-ethyl adjacent to an activating group) is 1. The molecule has 0 saturated heterocycles. The first-order valence-electron chi connectivity index (χ1n) is 10.7. The fourth-order valence-electron chi connectivity index (χ4n) is 3.90. The summed E-state index contributed by atoms with van der Waals surface area (Å²) in [5.41, 5.74) is 1.49. The zero-order chi connectivity index (χ0) is 24.1. The Morgan fingerprint density at radius 2 is 1.67 bits per heavy atom. The molecule has 0 fully saturated rings. The van der Waals surface area contributed by atoms with Crippen LogP contribution < -0.4 is 5.32 Å². The Kier molecular flexibility index (Phi) is 8.10. The van der Waals surface area contributed by atoms with E-state index in [0.717, 1.165) is 10.5 Å². The van der Waals surface area contributed by atoms with Crippen LogP contribution in [-0.2, 0) is 16.1 Å². The molecule has 0 spiro atoms. The van der Waals surface area contributed by atoms with E-state index in [2.05, 4.69) is 5.32 Å². The molecule has 0 aliphatic carbocycles. The van der Waals surface area contributed by atoms with Gasteiger partial charge in [0.05, 0.1) is 21.2 Å². The van der Waals surface area contributed by atoms with Crippen molar-refractivity contribution in [3.63, 3.8) is 0 Å². The number of carbonyl (C=O) groups is 4. The van der Waals surface area contributed by atoms with E-state index in [1.807, 2.05) is 6.92 Å². The molecule has 3 rings (SSSR count). The largest absolute Gasteiger partial charge is 0.357 e. The van der Waals surface area contributed by atoms with Crippen LogP contribution in [0.5, 0.6) is 0 Å². The molecule has 4 amide bonds. The van der Waals surface area contributed by atoms with Gasteiger partial charge in [-0.2, -0.15) is 0 Å². The van der Waals surface area contributed by atoms with Gasteiger partial charge in [0.15, 0.2) is 0 Å². The predicted molar refractivity (Wildman–Crippen MR) is 126 cm³/mol. The third kappa shape index (κ3) is 5.37. The summed E-state index contributed by atoms with van der Waals surface area (Å²) in [5.74, 6) is -1.24. The van der Waals surface area contributed by atoms with Crippen LogP contribution in [0.15, 0.2) is 42.5 Å². The lowest BCUT2D eigenvalue weighted by atomic mass is 10.1. The third-order valence-electron chi connectivity index (χ3n) is 5.62. The van der Waals surface area contributed by atoms with Crippen LogP contribution in [0, 0.1) is 0 Å². The van der Waals surface area contributed by atoms with Crippen molar-refractivity contribution in [2.45, 2.75) is 38.8 Å². The Morgan fingerprint density at radius 3 is 2.21 bits per heavy atom. The quantitative estimate of drug-likeness (QED) is 0.540. The van der Waals surface area contributed by atoms with Gasteiger partial charge in [-0.25, -0.2) is 0 Å². The number of nitrogens with zero attached hydrogens (tertiary/aromatic N) is 2. The van der Waals surface area contributed by atoms with E-state index in [0.29, 0.717) is 27.6 Å². The van der Waals surface area contributed by atoms with Gasteiger partial charge in [-0.1, -0.05) is 48.3 Å². The number of carbonyl (C=O) groups excluding carboxylic acids is 4. The van der Waals surface area contributed by atoms with E-state index in [4.69, 9.17) is 23.2 Å². The molecule has 0 aromatic heterocycles. The SMILES string of the molecule is CC[C@H](C(=O)NC)N(Cc1ccc(Cl)c(Cl)c1)C(=O)CCCN1C(=O)c2ccccc2C1=O. The molecule has 0 unspecified atom stereocenters. The molecule has 2 aromatic carbocycles. The second kappa shape index (κ2) is 10.8. The number of fused-ring (bicyclic) bond motifs is 1. The fraction of sp³-hybridized carbons (Fsp3) is 0.333. The number of imide groups is 1. The summed E-state index contributed by atoms with van der Waals surface area (Å²) in [5, 5.41) is 3.36. The Hall–Kier alpha value is -2.90. The lowest BCUT2D eigenvalue weighted by Crippen LogP contribution is -2.48. The molecular weight excluding hydrogens is 465 g/mol. The summed E-state index contributed by atoms with van der Waals surface area (Å²) in [6, 6.07) is 11.1. The number of hydrogen-bond acceptors (Lipinski definition) is 4. The molecule has 2 aromatic rings. The number of benzene rings is 2. The molecule has 1 atom stereocenters. The molecule has 9 heteroatoms. The van der Waals surface area contributed by atoms with Crippen molar-refractivity contribution < 1.29 is 19.2 Å². The summed E-state index contributed by atoms with van der Waals surface area (Å²) in [6.45, 7) is 2.12. The zero-order valence-corrected chi connectivity index (χ0v) is 19.9. The lowest BCUT2D eigenvalue weighted by Gasteiger charge is -2.30. The Bertz CT molecular complexity index is 1050. The maximum Gasteiger partial charge on any atom is 0.261 e. The smallest absolute Gasteiger partial charge is 0.261 e. The first kappa shape index (κ1) is 24.7. The van der Waals surface area contributed by atoms with Gasteiger partial charge in [-0.05, 0) is 42.7 Å². The molecule has 0 saturated carbocycles. The monoisotopic (exact) mass is 489 g/mol. The van der Waals surface area contributed by atoms with Crippen LogP contribution in [-0.4, -0.2) is 53.1 Å². The number of amides is 4. The summed E-state index contributed by atoms with van der Waals surface area (Å²) in [7, 11) is 1.52. The van der Waals surface area contributed by atoms with Crippen molar-refractivity contribution in [1.82, 2.24) is 15.1 Å². The summed E-state index contributed by atoms with van der Waals surface area (Å²) >= 11 is 12.1. The van der Waals surface area contributed by atoms with Gasteiger partial charge < -0.3 is 10.2 Å². The van der Waals surface area contributed by atoms with Crippen LogP contribution in [0.25, 0.3) is 0 Å². The molecule has 1 heterocycles. The summed E-state index contributed by atoms with van der Waals surface area (Å²) in [6.07, 6.45) is 0.777. The zero-order valence-electron chi connectivity index (χ0n) is 18.4. The van der Waals surface area contributed by atoms with Gasteiger partial charge in [-0.3, -0.25) is 24.1 Å². The van der Waals surface area contributed by atoms with E-state index in [9.17, 15) is 19.2 Å². The van der Waals surface area contributed by atoms with E-state index in [-0.39, 0.29) is 49.6 Å². The van der Waals surface area contributed by atoms with Gasteiger partial charge in [0.25, 0.3) is 11.8 Å². The standard InChI is InChI=1S/C24H25Cl2N3O4/c1-3-20(22(31)27-2)29(14-15-10-11-18(25)19(26)13-15)21(30)9-6-12-28-23(32)16-7-4-5-8-17(16)24(28)33/h4-5,7-8,10-11,13,20H,3,6,9,12,14H2,1-2H3,(H,27,31)/t20-/m1/s1. The average molecular weight is 490 g/mol. The van der Waals surface area contributed by atoms with Crippen LogP contribution in [0.1, 0.15) is 52.5 Å². The van der Waals surface area contributed by atoms with Crippen LogP contribution in [0.3, 0.4) is 0 Å². The topological polar surface area (TPSA) is 86.8 Å². The van der Waals surface area contributed by atoms with Gasteiger partial charge in [0, 0.05) is 26.6 Å². The third-order valence-corrected chi connectivity index (χ3v) is 6.36. The molecule has 0 bridgehead atoms. The van der Waals surface area contributed by atoms with Crippen molar-refractivity contribution in [3.8, 4) is 0 Å². The van der Waals surface area contributed by atoms with Gasteiger partial charge in [0.2, 0.25) is 11.8 Å². The van der Waals surface area contributed by atoms with E-state index < -0.39 is 6.04 Å². The van der Waals surface area contributed by atoms with Gasteiger partial charge in [0.1, 0.15) is 6.04 Å². The first-order valence-corrected chi connectivity index (χ1v) is 11.4. The van der Waals surface area contributed by atoms with E-state index >= 15 is 0 Å². The first-order chi connectivity index (χ1) is 15.8. The van der Waals surface area contributed by atoms with Gasteiger partial charge >= 0.3 is 0 Å². The Morgan fingerprint density at radius 1 is 1.03 bits per heavy atom. The van der Waals surface area contributed by atoms with E-state index in [1.165, 1.54) is 11.9 Å². The molecule has 1 aliphatic heterocycles. The maximum atomic E-state index is 13.2. The van der Waals surface area contributed by atoms with Gasteiger partial charge in [-0.15, -0.1) is 0 Å². The number of nitrogens with one attached hydrogen (secondary N) is 1. The molecule has 0 radical (unpaired) electrons. The highest BCUT2D eigenvalue weighted by atomic mass is 35.5. The highest BCUT2D eigenvalue weighted by molar-refractivity contribution is 6.42. The lowest BCUT2D eigenvalue weighted by molar-refractivity contribution is -0.141. The van der Waals surface area contributed by atoms with Crippen molar-refractivity contribution in [1.29, 1.82) is 0 Å². The van der Waals surface area contributed by atoms with E-state index in [1.54, 1.807) is 42.5 Å². The molecule has 174 valence electrons. The summed E-state index contributed by atoms with van der Waals surface area (Å²) < 4.78 is 0. The van der Waals surface area contributed by atoms with Crippen molar-refractivity contribution in [3.05, 3.63) is 69.2 Å². The van der Waals surface area contributed by atoms with Crippen LogP contribution in [0.4, 0.5) is 0 Å². The number of rotatable bonds is 9. The number of halogens is 2. The minimum absolute atomic E-state index is 0.0716. The molecule has 33 heavy (non-hydrogen) atoms. The highest BCUT2D eigenvalue weighted by Gasteiger charge is 2.35. The fourth-order valence-corrected chi connectivity index (χ4v) is 4.22. The molecular formula is C24H25Cl2N3O4. The minimum Gasteiger partial charge on any atom is -0.357 e. The molecule has 1 aliphatic rings. The van der Waals surface area contributed by atoms with Crippen LogP contribution >= 0.6 is 23.2 Å². The van der Waals surface area contributed by atoms with Crippen molar-refractivity contribution in [2.75, 3.05) is 13.6 Å². The Labute approximate surface area is 202 Å². The Balaban J connectivity index is 1.70. The van der Waals surface area contributed by atoms with Crippen molar-refractivity contribution in [2.24, 2.45) is 0 Å². The average Bonchev–Trinajstić information content (AvgIpc) is 3.05. The second-order valence-corrected chi connectivity index (χ2v) is 8.53. The van der Waals surface area contributed by atoms with Crippen LogP contribution in [0.2, 0.25) is 10.0 Å². The molecule has 7 nitrogen and oxygen atoms in total. The second-order valence-electron chi connectivity index (χ2n) is 7.72. The maximum absolute atomic E-state index is 13.2. The normalized spacial score (nSPS) is 13.6.